The minimum Gasteiger partial charge on any atom is -0.334 e. The average Bonchev–Trinajstić information content (AvgIpc) is 3.05. The zero-order valence-electron chi connectivity index (χ0n) is 15.2. The Labute approximate surface area is 170 Å². The Bertz CT molecular complexity index is 1230. The van der Waals surface area contributed by atoms with E-state index in [1.807, 2.05) is 0 Å². The molecule has 4 rings (SSSR count). The van der Waals surface area contributed by atoms with Crippen LogP contribution >= 0.6 is 11.5 Å². The minimum absolute atomic E-state index is 0.0863. The van der Waals surface area contributed by atoms with Gasteiger partial charge in [0.15, 0.2) is 0 Å². The molecule has 1 saturated heterocycles. The third-order valence-corrected chi connectivity index (χ3v) is 7.85. The second-order valence-corrected chi connectivity index (χ2v) is 9.70. The third kappa shape index (κ3) is 3.83. The van der Waals surface area contributed by atoms with Gasteiger partial charge in [-0.15, -0.1) is 0 Å². The molecule has 7 nitrogen and oxygen atoms in total. The number of hydrogen-bond acceptors (Lipinski definition) is 5. The number of carbonyl (C=O) groups is 1. The van der Waals surface area contributed by atoms with Crippen molar-refractivity contribution in [1.82, 2.24) is 13.6 Å². The van der Waals surface area contributed by atoms with Crippen molar-refractivity contribution >= 4 is 37.7 Å². The fourth-order valence-corrected chi connectivity index (χ4v) is 5.76. The van der Waals surface area contributed by atoms with Gasteiger partial charge in [0.1, 0.15) is 5.82 Å². The normalized spacial score (nSPS) is 16.2. The van der Waals surface area contributed by atoms with Crippen molar-refractivity contribution < 1.29 is 17.6 Å². The topological polar surface area (TPSA) is 88.5 Å². The predicted octanol–water partition coefficient (Wildman–Crippen LogP) is 2.61. The number of carbonyl (C=O) groups excluding carboxylic acids is 1. The number of hydrogen-bond donors (Lipinski definition) is 1. The zero-order valence-corrected chi connectivity index (χ0v) is 16.9. The van der Waals surface area contributed by atoms with Crippen LogP contribution in [0.15, 0.2) is 58.2 Å². The summed E-state index contributed by atoms with van der Waals surface area (Å²) in [7, 11) is -3.79. The number of rotatable bonds is 3. The first kappa shape index (κ1) is 19.7. The highest BCUT2D eigenvalue weighted by Gasteiger charge is 2.30. The van der Waals surface area contributed by atoms with Crippen molar-refractivity contribution in [2.45, 2.75) is 23.8 Å². The smallest absolute Gasteiger partial charge is 0.334 e. The minimum atomic E-state index is -3.79. The zero-order chi connectivity index (χ0) is 20.6. The van der Waals surface area contributed by atoms with E-state index in [0.29, 0.717) is 18.2 Å². The number of fused-ring (bicyclic) bond motifs is 1. The van der Waals surface area contributed by atoms with Gasteiger partial charge in [0, 0.05) is 19.1 Å². The summed E-state index contributed by atoms with van der Waals surface area (Å²) in [5.41, 5.74) is -0.366. The van der Waals surface area contributed by atoms with Crippen LogP contribution in [0.4, 0.5) is 9.18 Å². The second-order valence-electron chi connectivity index (χ2n) is 6.77. The molecule has 2 aromatic carbocycles. The van der Waals surface area contributed by atoms with E-state index >= 15 is 0 Å². The lowest BCUT2D eigenvalue weighted by Crippen LogP contribution is -2.48. The highest BCUT2D eigenvalue weighted by molar-refractivity contribution is 7.89. The fourth-order valence-electron chi connectivity index (χ4n) is 3.36. The quantitative estimate of drug-likeness (QED) is 0.685. The van der Waals surface area contributed by atoms with Crippen molar-refractivity contribution in [1.29, 1.82) is 0 Å². The van der Waals surface area contributed by atoms with Gasteiger partial charge in [-0.3, -0.25) is 4.79 Å². The molecule has 10 heteroatoms. The van der Waals surface area contributed by atoms with Crippen LogP contribution in [-0.4, -0.2) is 41.8 Å². The Morgan fingerprint density at radius 2 is 1.83 bits per heavy atom. The van der Waals surface area contributed by atoms with Gasteiger partial charge in [0.2, 0.25) is 10.0 Å². The molecule has 1 aliphatic rings. The molecule has 1 aromatic heterocycles. The van der Waals surface area contributed by atoms with Crippen LogP contribution in [0.1, 0.15) is 12.8 Å². The van der Waals surface area contributed by atoms with Crippen molar-refractivity contribution in [3.05, 3.63) is 64.7 Å². The van der Waals surface area contributed by atoms with E-state index in [4.69, 9.17) is 0 Å². The lowest BCUT2D eigenvalue weighted by atomic mass is 10.1. The maximum absolute atomic E-state index is 13.4. The summed E-state index contributed by atoms with van der Waals surface area (Å²) in [5.74, 6) is -0.609. The number of nitrogens with one attached hydrogen (secondary N) is 1. The summed E-state index contributed by atoms with van der Waals surface area (Å²) >= 11 is 1.07. The van der Waals surface area contributed by atoms with Crippen molar-refractivity contribution in [2.75, 3.05) is 13.1 Å². The van der Waals surface area contributed by atoms with Crippen molar-refractivity contribution in [3.63, 3.8) is 0 Å². The number of halogens is 1. The first-order valence-corrected chi connectivity index (χ1v) is 11.3. The fraction of sp³-hybridized carbons (Fsp3) is 0.263. The molecule has 152 valence electrons. The maximum atomic E-state index is 13.4. The van der Waals surface area contributed by atoms with Crippen LogP contribution in [0, 0.1) is 5.82 Å². The Morgan fingerprint density at radius 3 is 2.52 bits per heavy atom. The summed E-state index contributed by atoms with van der Waals surface area (Å²) in [4.78, 5) is 24.8. The van der Waals surface area contributed by atoms with Gasteiger partial charge in [-0.1, -0.05) is 18.2 Å². The second kappa shape index (κ2) is 7.69. The lowest BCUT2D eigenvalue weighted by molar-refractivity contribution is 0.230. The van der Waals surface area contributed by atoms with Crippen LogP contribution in [0.3, 0.4) is 0 Å². The molecule has 1 amide bonds. The first-order valence-electron chi connectivity index (χ1n) is 9.04. The van der Waals surface area contributed by atoms with Crippen LogP contribution in [0.5, 0.6) is 0 Å². The van der Waals surface area contributed by atoms with Gasteiger partial charge >= 0.3 is 6.03 Å². The predicted molar refractivity (Wildman–Crippen MR) is 108 cm³/mol. The first-order chi connectivity index (χ1) is 13.9. The highest BCUT2D eigenvalue weighted by atomic mass is 32.2. The molecule has 0 atom stereocenters. The van der Waals surface area contributed by atoms with Gasteiger partial charge in [0.05, 0.1) is 15.0 Å². The molecule has 0 spiro atoms. The molecule has 29 heavy (non-hydrogen) atoms. The highest BCUT2D eigenvalue weighted by Crippen LogP contribution is 2.22. The van der Waals surface area contributed by atoms with Gasteiger partial charge in [-0.05, 0) is 54.7 Å². The molecule has 3 aromatic rings. The monoisotopic (exact) mass is 435 g/mol. The summed E-state index contributed by atoms with van der Waals surface area (Å²) in [6, 6.07) is 11.1. The summed E-state index contributed by atoms with van der Waals surface area (Å²) in [6.07, 6.45) is 0.805. The average molecular weight is 436 g/mol. The van der Waals surface area contributed by atoms with Gasteiger partial charge < -0.3 is 5.32 Å². The van der Waals surface area contributed by atoms with E-state index in [2.05, 4.69) is 5.32 Å². The Hall–Kier alpha value is -2.56. The van der Waals surface area contributed by atoms with E-state index in [-0.39, 0.29) is 29.6 Å². The lowest BCUT2D eigenvalue weighted by Gasteiger charge is -2.31. The van der Waals surface area contributed by atoms with E-state index in [1.54, 1.807) is 24.3 Å². The number of amides is 1. The molecule has 0 bridgehead atoms. The molecule has 1 fully saturated rings. The third-order valence-electron chi connectivity index (χ3n) is 4.89. The van der Waals surface area contributed by atoms with Crippen LogP contribution in [0.25, 0.3) is 10.1 Å². The largest absolute Gasteiger partial charge is 0.338 e. The maximum Gasteiger partial charge on any atom is 0.338 e. The molecule has 0 radical (unpaired) electrons. The van der Waals surface area contributed by atoms with Gasteiger partial charge in [-0.2, -0.15) is 8.26 Å². The summed E-state index contributed by atoms with van der Waals surface area (Å²) in [6.45, 7) is 0.399. The molecular weight excluding hydrogens is 417 g/mol. The molecule has 2 heterocycles. The van der Waals surface area contributed by atoms with Crippen molar-refractivity contribution in [2.24, 2.45) is 0 Å². The molecule has 0 saturated carbocycles. The number of benzene rings is 2. The molecule has 1 aliphatic heterocycles. The standard InChI is InChI=1S/C19H18FN3O4S2/c20-13-4-3-5-15(12-13)29(26,27)22-10-8-14(9-11-22)21-19(25)23-18(24)16-6-1-2-7-17(16)28-23/h1-7,12,14H,8-11H2,(H,21,25). The summed E-state index contributed by atoms with van der Waals surface area (Å²) < 4.78 is 41.8. The van der Waals surface area contributed by atoms with Crippen LogP contribution in [-0.2, 0) is 10.0 Å². The van der Waals surface area contributed by atoms with Gasteiger partial charge in [-0.25, -0.2) is 17.6 Å². The number of aromatic nitrogens is 1. The SMILES string of the molecule is O=C(NC1CCN(S(=O)(=O)c2cccc(F)c2)CC1)n1sc2ccccc2c1=O. The number of nitrogens with zero attached hydrogens (tertiary/aromatic N) is 2. The van der Waals surface area contributed by atoms with Crippen molar-refractivity contribution in [3.8, 4) is 0 Å². The number of piperidine rings is 1. The van der Waals surface area contributed by atoms with Crippen LogP contribution < -0.4 is 10.9 Å². The molecular formula is C19H18FN3O4S2. The van der Waals surface area contributed by atoms with E-state index in [9.17, 15) is 22.4 Å². The molecule has 1 N–H and O–H groups in total. The molecule has 0 unspecified atom stereocenters. The van der Waals surface area contributed by atoms with E-state index < -0.39 is 21.9 Å². The van der Waals surface area contributed by atoms with Gasteiger partial charge in [0.25, 0.3) is 5.56 Å². The Kier molecular flexibility index (Phi) is 5.24. The Morgan fingerprint density at radius 1 is 1.10 bits per heavy atom. The molecule has 0 aliphatic carbocycles. The summed E-state index contributed by atoms with van der Waals surface area (Å²) in [5, 5.41) is 3.30. The Balaban J connectivity index is 1.42. The van der Waals surface area contributed by atoms with E-state index in [0.717, 1.165) is 26.3 Å². The van der Waals surface area contributed by atoms with E-state index in [1.165, 1.54) is 22.5 Å². The van der Waals surface area contributed by atoms with Crippen LogP contribution in [0.2, 0.25) is 0 Å². The number of sulfonamides is 1.